The van der Waals surface area contributed by atoms with E-state index in [9.17, 15) is 4.79 Å². The fraction of sp³-hybridized carbons (Fsp3) is 0.533. The molecule has 1 aromatic carbocycles. The molecule has 1 aromatic rings. The van der Waals surface area contributed by atoms with Crippen molar-refractivity contribution < 1.29 is 4.79 Å². The second kappa shape index (κ2) is 5.53. The van der Waals surface area contributed by atoms with Crippen LogP contribution in [0.4, 0.5) is 5.69 Å². The number of anilines is 1. The summed E-state index contributed by atoms with van der Waals surface area (Å²) in [6.45, 7) is 8.01. The van der Waals surface area contributed by atoms with Crippen molar-refractivity contribution in [3.05, 3.63) is 27.7 Å². The molecule has 2 N–H and O–H groups in total. The molecule has 104 valence electrons. The number of hydrogen-bond acceptors (Lipinski definition) is 2. The summed E-state index contributed by atoms with van der Waals surface area (Å²) in [6, 6.07) is 3.71. The van der Waals surface area contributed by atoms with Gasteiger partial charge in [-0.3, -0.25) is 4.79 Å². The average Bonchev–Trinajstić information content (AvgIpc) is 2.31. The molecule has 0 aliphatic carbocycles. The van der Waals surface area contributed by atoms with E-state index < -0.39 is 0 Å². The van der Waals surface area contributed by atoms with Crippen LogP contribution in [0, 0.1) is 18.8 Å². The second-order valence-corrected chi connectivity index (χ2v) is 6.74. The highest BCUT2D eigenvalue weighted by molar-refractivity contribution is 9.10. The van der Waals surface area contributed by atoms with E-state index in [0.29, 0.717) is 23.1 Å². The van der Waals surface area contributed by atoms with Gasteiger partial charge in [-0.2, -0.15) is 0 Å². The van der Waals surface area contributed by atoms with Gasteiger partial charge in [0.25, 0.3) is 5.91 Å². The molecular formula is C15H21BrN2O. The van der Waals surface area contributed by atoms with E-state index in [1.807, 2.05) is 24.0 Å². The van der Waals surface area contributed by atoms with Gasteiger partial charge >= 0.3 is 0 Å². The Kier molecular flexibility index (Phi) is 4.19. The van der Waals surface area contributed by atoms with E-state index in [0.717, 1.165) is 23.1 Å². The zero-order chi connectivity index (χ0) is 14.2. The summed E-state index contributed by atoms with van der Waals surface area (Å²) in [6.07, 6.45) is 1.20. The summed E-state index contributed by atoms with van der Waals surface area (Å²) in [5.74, 6) is 1.24. The number of carbonyl (C=O) groups excluding carboxylic acids is 1. The number of amides is 1. The minimum atomic E-state index is 0.101. The van der Waals surface area contributed by atoms with Crippen LogP contribution < -0.4 is 5.73 Å². The lowest BCUT2D eigenvalue weighted by atomic mass is 9.91. The number of nitrogens with zero attached hydrogens (tertiary/aromatic N) is 1. The highest BCUT2D eigenvalue weighted by Crippen LogP contribution is 2.27. The number of halogens is 1. The Morgan fingerprint density at radius 2 is 1.89 bits per heavy atom. The van der Waals surface area contributed by atoms with Crippen LogP contribution in [0.25, 0.3) is 0 Å². The Labute approximate surface area is 123 Å². The molecule has 2 atom stereocenters. The van der Waals surface area contributed by atoms with Crippen LogP contribution in [-0.4, -0.2) is 23.9 Å². The molecule has 1 saturated heterocycles. The van der Waals surface area contributed by atoms with E-state index in [1.54, 1.807) is 0 Å². The van der Waals surface area contributed by atoms with Crippen LogP contribution in [0.5, 0.6) is 0 Å². The van der Waals surface area contributed by atoms with Crippen LogP contribution in [0.3, 0.4) is 0 Å². The van der Waals surface area contributed by atoms with Crippen molar-refractivity contribution in [3.63, 3.8) is 0 Å². The normalized spacial score (nSPS) is 23.5. The molecule has 1 heterocycles. The van der Waals surface area contributed by atoms with Crippen molar-refractivity contribution in [1.82, 2.24) is 4.90 Å². The first-order valence-corrected chi connectivity index (χ1v) is 7.52. The maximum atomic E-state index is 12.7. The predicted molar refractivity (Wildman–Crippen MR) is 82.1 cm³/mol. The van der Waals surface area contributed by atoms with Gasteiger partial charge in [-0.1, -0.05) is 29.8 Å². The van der Waals surface area contributed by atoms with Gasteiger partial charge < -0.3 is 10.6 Å². The fourth-order valence-corrected chi connectivity index (χ4v) is 3.40. The largest absolute Gasteiger partial charge is 0.398 e. The van der Waals surface area contributed by atoms with Crippen molar-refractivity contribution in [2.45, 2.75) is 27.2 Å². The number of nitrogen functional groups attached to an aromatic ring is 1. The second-order valence-electron chi connectivity index (χ2n) is 5.82. The third-order valence-electron chi connectivity index (χ3n) is 3.80. The van der Waals surface area contributed by atoms with Crippen LogP contribution in [0.15, 0.2) is 16.6 Å². The Morgan fingerprint density at radius 1 is 1.32 bits per heavy atom. The summed E-state index contributed by atoms with van der Waals surface area (Å²) in [7, 11) is 0. The van der Waals surface area contributed by atoms with Crippen molar-refractivity contribution >= 4 is 27.5 Å². The molecule has 3 nitrogen and oxygen atoms in total. The van der Waals surface area contributed by atoms with Gasteiger partial charge in [0, 0.05) is 28.8 Å². The van der Waals surface area contributed by atoms with Gasteiger partial charge in [0.15, 0.2) is 0 Å². The summed E-state index contributed by atoms with van der Waals surface area (Å²) < 4.78 is 0.858. The number of piperidine rings is 1. The van der Waals surface area contributed by atoms with Crippen LogP contribution in [0.2, 0.25) is 0 Å². The lowest BCUT2D eigenvalue weighted by molar-refractivity contribution is 0.0622. The molecule has 1 aliphatic heterocycles. The standard InChI is InChI=1S/C15H21BrN2O/c1-9-4-10(2)8-18(7-9)15(19)13-5-12(16)6-14(17)11(13)3/h5-6,9-10H,4,7-8,17H2,1-3H3. The van der Waals surface area contributed by atoms with Crippen LogP contribution >= 0.6 is 15.9 Å². The molecule has 0 radical (unpaired) electrons. The SMILES string of the molecule is Cc1c(N)cc(Br)cc1C(=O)N1CC(C)CC(C)C1. The molecule has 1 fully saturated rings. The Bertz CT molecular complexity index is 491. The number of likely N-dealkylation sites (tertiary alicyclic amines) is 1. The lowest BCUT2D eigenvalue weighted by Crippen LogP contribution is -2.42. The van der Waals surface area contributed by atoms with E-state index in [-0.39, 0.29) is 5.91 Å². The first-order chi connectivity index (χ1) is 8.88. The molecule has 1 aliphatic rings. The molecule has 0 bridgehead atoms. The summed E-state index contributed by atoms with van der Waals surface area (Å²) in [5, 5.41) is 0. The third kappa shape index (κ3) is 3.11. The number of carbonyl (C=O) groups is 1. The van der Waals surface area contributed by atoms with E-state index >= 15 is 0 Å². The minimum absolute atomic E-state index is 0.101. The van der Waals surface area contributed by atoms with E-state index in [2.05, 4.69) is 29.8 Å². The molecule has 2 unspecified atom stereocenters. The summed E-state index contributed by atoms with van der Waals surface area (Å²) in [4.78, 5) is 14.6. The van der Waals surface area contributed by atoms with Gasteiger partial charge in [0.1, 0.15) is 0 Å². The van der Waals surface area contributed by atoms with E-state index in [1.165, 1.54) is 6.42 Å². The summed E-state index contributed by atoms with van der Waals surface area (Å²) in [5.41, 5.74) is 8.20. The maximum Gasteiger partial charge on any atom is 0.254 e. The quantitative estimate of drug-likeness (QED) is 0.804. The van der Waals surface area contributed by atoms with Crippen molar-refractivity contribution in [2.24, 2.45) is 11.8 Å². The van der Waals surface area contributed by atoms with Gasteiger partial charge in [-0.25, -0.2) is 0 Å². The highest BCUT2D eigenvalue weighted by atomic mass is 79.9. The zero-order valence-electron chi connectivity index (χ0n) is 11.7. The average molecular weight is 325 g/mol. The lowest BCUT2D eigenvalue weighted by Gasteiger charge is -2.35. The zero-order valence-corrected chi connectivity index (χ0v) is 13.3. The highest BCUT2D eigenvalue weighted by Gasteiger charge is 2.27. The Hall–Kier alpha value is -1.03. The first kappa shape index (κ1) is 14.4. The van der Waals surface area contributed by atoms with Crippen molar-refractivity contribution in [2.75, 3.05) is 18.8 Å². The topological polar surface area (TPSA) is 46.3 Å². The monoisotopic (exact) mass is 324 g/mol. The van der Waals surface area contributed by atoms with Crippen LogP contribution in [0.1, 0.15) is 36.2 Å². The molecule has 2 rings (SSSR count). The Morgan fingerprint density at radius 3 is 2.47 bits per heavy atom. The fourth-order valence-electron chi connectivity index (χ4n) is 2.92. The number of benzene rings is 1. The van der Waals surface area contributed by atoms with Gasteiger partial charge in [0.2, 0.25) is 0 Å². The maximum absolute atomic E-state index is 12.7. The molecule has 1 amide bonds. The first-order valence-electron chi connectivity index (χ1n) is 6.73. The molecule has 0 aromatic heterocycles. The molecule has 0 saturated carbocycles. The Balaban J connectivity index is 2.29. The number of nitrogens with two attached hydrogens (primary N) is 1. The molecule has 4 heteroatoms. The van der Waals surface area contributed by atoms with Crippen molar-refractivity contribution in [3.8, 4) is 0 Å². The van der Waals surface area contributed by atoms with Gasteiger partial charge in [-0.05, 0) is 42.9 Å². The summed E-state index contributed by atoms with van der Waals surface area (Å²) >= 11 is 3.41. The van der Waals surface area contributed by atoms with E-state index in [4.69, 9.17) is 5.73 Å². The van der Waals surface area contributed by atoms with Crippen LogP contribution in [-0.2, 0) is 0 Å². The molecule has 0 spiro atoms. The third-order valence-corrected chi connectivity index (χ3v) is 4.26. The van der Waals surface area contributed by atoms with Gasteiger partial charge in [-0.15, -0.1) is 0 Å². The smallest absolute Gasteiger partial charge is 0.254 e. The number of hydrogen-bond donors (Lipinski definition) is 1. The van der Waals surface area contributed by atoms with Gasteiger partial charge in [0.05, 0.1) is 0 Å². The molecule has 19 heavy (non-hydrogen) atoms. The van der Waals surface area contributed by atoms with Crippen molar-refractivity contribution in [1.29, 1.82) is 0 Å². The predicted octanol–water partition coefficient (Wildman–Crippen LogP) is 3.46. The minimum Gasteiger partial charge on any atom is -0.398 e. The molecular weight excluding hydrogens is 304 g/mol. The number of rotatable bonds is 1.